The van der Waals surface area contributed by atoms with Gasteiger partial charge in [0.25, 0.3) is 11.8 Å². The molecule has 0 aromatic heterocycles. The lowest BCUT2D eigenvalue weighted by Gasteiger charge is -2.46. The molecule has 9 nitrogen and oxygen atoms in total. The average Bonchev–Trinajstić information content (AvgIpc) is 3.48. The number of ether oxygens (including phenoxy) is 2. The second kappa shape index (κ2) is 15.6. The number of amides is 3. The lowest BCUT2D eigenvalue weighted by atomic mass is 9.88. The highest BCUT2D eigenvalue weighted by Gasteiger charge is 2.36. The predicted molar refractivity (Wildman–Crippen MR) is 156 cm³/mol. The Morgan fingerprint density at radius 1 is 0.814 bits per heavy atom. The summed E-state index contributed by atoms with van der Waals surface area (Å²) in [6, 6.07) is 9.63. The third-order valence-corrected chi connectivity index (χ3v) is 7.32. The van der Waals surface area contributed by atoms with Gasteiger partial charge in [-0.3, -0.25) is 19.3 Å². The maximum atomic E-state index is 12.8. The Hall–Kier alpha value is -3.80. The number of rotatable bonds is 7. The van der Waals surface area contributed by atoms with Crippen molar-refractivity contribution in [1.29, 1.82) is 0 Å². The number of nitrogens with one attached hydrogen (secondary N) is 3. The predicted octanol–water partition coefficient (Wildman–Crippen LogP) is 4.76. The summed E-state index contributed by atoms with van der Waals surface area (Å²) in [4.78, 5) is 39.3. The van der Waals surface area contributed by atoms with E-state index in [1.807, 2.05) is 27.7 Å². The van der Waals surface area contributed by atoms with E-state index in [4.69, 9.17) is 9.47 Å². The third-order valence-electron chi connectivity index (χ3n) is 7.32. The molecule has 2 heterocycles. The van der Waals surface area contributed by atoms with E-state index in [2.05, 4.69) is 20.9 Å². The first-order chi connectivity index (χ1) is 20.7. The molecule has 43 heavy (non-hydrogen) atoms. The van der Waals surface area contributed by atoms with Crippen LogP contribution in [-0.4, -0.2) is 67.2 Å². The molecule has 0 radical (unpaired) electrons. The molecular formula is C31H41F3N4O5. The second-order valence-electron chi connectivity index (χ2n) is 10.0. The zero-order chi connectivity index (χ0) is 31.6. The molecule has 0 spiro atoms. The van der Waals surface area contributed by atoms with Crippen LogP contribution in [0.1, 0.15) is 79.7 Å². The van der Waals surface area contributed by atoms with E-state index in [-0.39, 0.29) is 36.9 Å². The van der Waals surface area contributed by atoms with Gasteiger partial charge < -0.3 is 25.4 Å². The van der Waals surface area contributed by atoms with Gasteiger partial charge in [0.15, 0.2) is 11.5 Å². The standard InChI is InChI=1S/C27H29F3N4O5.2C2H6/c28-27(29,30)18-3-1-2-16(10-18)25(36)31-12-24(35)32-20-13-34(14-20)21-7-5-19(6-8-21)33-26(37)17-4-9-22-23(11-17)39-15-38-22;2*1-2/h1-4,9-11,19-21H,5-8,12-15H2,(H,31,36)(H,32,35)(H,33,37);2*1-2H3. The van der Waals surface area contributed by atoms with Crippen LogP contribution in [0.2, 0.25) is 0 Å². The summed E-state index contributed by atoms with van der Waals surface area (Å²) in [5.74, 6) is -0.0627. The summed E-state index contributed by atoms with van der Waals surface area (Å²) in [5.41, 5.74) is -0.542. The highest BCUT2D eigenvalue weighted by Crippen LogP contribution is 2.33. The Kier molecular flexibility index (Phi) is 12.2. The van der Waals surface area contributed by atoms with E-state index in [1.165, 1.54) is 6.07 Å². The van der Waals surface area contributed by atoms with Crippen LogP contribution in [0, 0.1) is 0 Å². The molecule has 3 N–H and O–H groups in total. The molecule has 1 aliphatic carbocycles. The molecule has 2 aromatic rings. The van der Waals surface area contributed by atoms with Crippen molar-refractivity contribution in [1.82, 2.24) is 20.9 Å². The van der Waals surface area contributed by atoms with Crippen LogP contribution < -0.4 is 25.4 Å². The molecule has 12 heteroatoms. The fourth-order valence-corrected chi connectivity index (χ4v) is 5.17. The number of halogens is 3. The minimum atomic E-state index is -4.55. The van der Waals surface area contributed by atoms with Crippen LogP contribution >= 0.6 is 0 Å². The average molecular weight is 607 g/mol. The monoisotopic (exact) mass is 606 g/mol. The zero-order valence-electron chi connectivity index (χ0n) is 25.1. The van der Waals surface area contributed by atoms with Crippen LogP contribution in [0.5, 0.6) is 11.5 Å². The molecule has 2 aromatic carbocycles. The lowest BCUT2D eigenvalue weighted by Crippen LogP contribution is -2.63. The number of fused-ring (bicyclic) bond motifs is 1. The SMILES string of the molecule is CC.CC.O=C(CNC(=O)c1cccc(C(F)(F)F)c1)NC1CN(C2CCC(NC(=O)c3ccc4c(c3)OCO4)CC2)C1. The minimum Gasteiger partial charge on any atom is -0.454 e. The Balaban J connectivity index is 0.00000121. The van der Waals surface area contributed by atoms with Crippen molar-refractivity contribution in [2.24, 2.45) is 0 Å². The molecule has 0 unspecified atom stereocenters. The quantitative estimate of drug-likeness (QED) is 0.420. The third kappa shape index (κ3) is 9.09. The van der Waals surface area contributed by atoms with Crippen molar-refractivity contribution < 1.29 is 37.0 Å². The second-order valence-corrected chi connectivity index (χ2v) is 10.0. The van der Waals surface area contributed by atoms with Crippen LogP contribution in [0.3, 0.4) is 0 Å². The molecule has 2 fully saturated rings. The van der Waals surface area contributed by atoms with Crippen LogP contribution in [0.15, 0.2) is 42.5 Å². The number of benzene rings is 2. The number of alkyl halides is 3. The van der Waals surface area contributed by atoms with Gasteiger partial charge in [-0.2, -0.15) is 13.2 Å². The first-order valence-corrected chi connectivity index (χ1v) is 14.8. The van der Waals surface area contributed by atoms with E-state index in [9.17, 15) is 27.6 Å². The van der Waals surface area contributed by atoms with Gasteiger partial charge in [0, 0.05) is 36.3 Å². The highest BCUT2D eigenvalue weighted by atomic mass is 19.4. The Bertz CT molecular complexity index is 1240. The lowest BCUT2D eigenvalue weighted by molar-refractivity contribution is -0.137. The molecule has 0 bridgehead atoms. The number of carbonyl (C=O) groups is 3. The summed E-state index contributed by atoms with van der Waals surface area (Å²) in [7, 11) is 0. The normalized spacial score (nSPS) is 19.4. The maximum Gasteiger partial charge on any atom is 0.416 e. The maximum absolute atomic E-state index is 12.8. The summed E-state index contributed by atoms with van der Waals surface area (Å²) < 4.78 is 49.2. The Morgan fingerprint density at radius 2 is 1.47 bits per heavy atom. The van der Waals surface area contributed by atoms with Gasteiger partial charge in [-0.25, -0.2) is 0 Å². The van der Waals surface area contributed by atoms with Crippen molar-refractivity contribution in [2.75, 3.05) is 26.4 Å². The van der Waals surface area contributed by atoms with E-state index < -0.39 is 23.6 Å². The first kappa shape index (κ1) is 33.7. The number of nitrogens with zero attached hydrogens (tertiary/aromatic N) is 1. The van der Waals surface area contributed by atoms with Gasteiger partial charge in [-0.15, -0.1) is 0 Å². The number of carbonyl (C=O) groups excluding carboxylic acids is 3. The topological polar surface area (TPSA) is 109 Å². The molecule has 5 rings (SSSR count). The van der Waals surface area contributed by atoms with E-state index in [0.29, 0.717) is 36.2 Å². The molecular weight excluding hydrogens is 565 g/mol. The molecule has 2 aliphatic heterocycles. The zero-order valence-corrected chi connectivity index (χ0v) is 25.1. The van der Waals surface area contributed by atoms with E-state index in [1.54, 1.807) is 18.2 Å². The van der Waals surface area contributed by atoms with Crippen molar-refractivity contribution in [3.05, 3.63) is 59.2 Å². The molecule has 1 saturated heterocycles. The van der Waals surface area contributed by atoms with Gasteiger partial charge in [-0.05, 0) is 62.1 Å². The van der Waals surface area contributed by atoms with Gasteiger partial charge in [0.1, 0.15) is 0 Å². The summed E-state index contributed by atoms with van der Waals surface area (Å²) in [6.45, 7) is 9.21. The fourth-order valence-electron chi connectivity index (χ4n) is 5.17. The van der Waals surface area contributed by atoms with Crippen molar-refractivity contribution >= 4 is 17.7 Å². The van der Waals surface area contributed by atoms with Crippen molar-refractivity contribution in [3.8, 4) is 11.5 Å². The van der Waals surface area contributed by atoms with Gasteiger partial charge in [-0.1, -0.05) is 33.8 Å². The van der Waals surface area contributed by atoms with Gasteiger partial charge in [0.05, 0.1) is 18.2 Å². The molecule has 3 aliphatic rings. The summed E-state index contributed by atoms with van der Waals surface area (Å²) >= 11 is 0. The molecule has 0 atom stereocenters. The van der Waals surface area contributed by atoms with Crippen LogP contribution in [-0.2, 0) is 11.0 Å². The van der Waals surface area contributed by atoms with E-state index >= 15 is 0 Å². The van der Waals surface area contributed by atoms with Crippen molar-refractivity contribution in [2.45, 2.75) is 77.7 Å². The molecule has 236 valence electrons. The number of hydrogen-bond donors (Lipinski definition) is 3. The Morgan fingerprint density at radius 3 is 2.14 bits per heavy atom. The Labute approximate surface area is 250 Å². The minimum absolute atomic E-state index is 0.0496. The number of hydrogen-bond acceptors (Lipinski definition) is 6. The smallest absolute Gasteiger partial charge is 0.416 e. The fraction of sp³-hybridized carbons (Fsp3) is 0.516. The molecule has 3 amide bonds. The number of likely N-dealkylation sites (tertiary alicyclic amines) is 1. The molecule has 1 saturated carbocycles. The largest absolute Gasteiger partial charge is 0.454 e. The van der Waals surface area contributed by atoms with Crippen LogP contribution in [0.25, 0.3) is 0 Å². The van der Waals surface area contributed by atoms with Crippen molar-refractivity contribution in [3.63, 3.8) is 0 Å². The van der Waals surface area contributed by atoms with Gasteiger partial charge in [0.2, 0.25) is 12.7 Å². The van der Waals surface area contributed by atoms with Crippen LogP contribution in [0.4, 0.5) is 13.2 Å². The van der Waals surface area contributed by atoms with E-state index in [0.717, 1.165) is 43.9 Å². The summed E-state index contributed by atoms with van der Waals surface area (Å²) in [5, 5.41) is 8.32. The van der Waals surface area contributed by atoms with Gasteiger partial charge >= 0.3 is 6.18 Å². The summed E-state index contributed by atoms with van der Waals surface area (Å²) in [6.07, 6.45) is -0.975. The first-order valence-electron chi connectivity index (χ1n) is 14.8. The highest BCUT2D eigenvalue weighted by molar-refractivity contribution is 5.96.